The van der Waals surface area contributed by atoms with Crippen molar-refractivity contribution < 1.29 is 4.79 Å². The third-order valence-corrected chi connectivity index (χ3v) is 3.91. The van der Waals surface area contributed by atoms with E-state index in [9.17, 15) is 4.79 Å². The van der Waals surface area contributed by atoms with Crippen molar-refractivity contribution in [2.24, 2.45) is 11.3 Å². The number of likely N-dealkylation sites (tertiary alicyclic amines) is 1. The van der Waals surface area contributed by atoms with E-state index >= 15 is 0 Å². The zero-order chi connectivity index (χ0) is 12.2. The van der Waals surface area contributed by atoms with Gasteiger partial charge in [-0.3, -0.25) is 4.79 Å². The predicted molar refractivity (Wildman–Crippen MR) is 68.3 cm³/mol. The van der Waals surface area contributed by atoms with Gasteiger partial charge in [-0.1, -0.05) is 34.1 Å². The normalized spacial score (nSPS) is 21.9. The van der Waals surface area contributed by atoms with Crippen LogP contribution in [0.25, 0.3) is 0 Å². The Bertz CT molecular complexity index is 225. The Labute approximate surface area is 100 Å². The number of hydrogen-bond acceptors (Lipinski definition) is 1. The minimum atomic E-state index is 0.270. The van der Waals surface area contributed by atoms with Gasteiger partial charge >= 0.3 is 0 Å². The Hall–Kier alpha value is -0.530. The second-order valence-electron chi connectivity index (χ2n) is 5.88. The molecule has 1 heterocycles. The van der Waals surface area contributed by atoms with E-state index in [0.29, 0.717) is 11.3 Å². The summed E-state index contributed by atoms with van der Waals surface area (Å²) in [5.41, 5.74) is 0.434. The van der Waals surface area contributed by atoms with Crippen LogP contribution in [0, 0.1) is 11.3 Å². The number of carbonyl (C=O) groups excluding carboxylic acids is 1. The highest BCUT2D eigenvalue weighted by Crippen LogP contribution is 2.30. The van der Waals surface area contributed by atoms with E-state index in [1.54, 1.807) is 0 Å². The Morgan fingerprint density at radius 2 is 1.81 bits per heavy atom. The van der Waals surface area contributed by atoms with Gasteiger partial charge in [-0.15, -0.1) is 0 Å². The van der Waals surface area contributed by atoms with E-state index in [0.717, 1.165) is 45.2 Å². The van der Waals surface area contributed by atoms with Crippen molar-refractivity contribution in [1.29, 1.82) is 0 Å². The molecule has 1 rings (SSSR count). The molecule has 0 radical (unpaired) electrons. The number of hydrogen-bond donors (Lipinski definition) is 0. The van der Waals surface area contributed by atoms with E-state index in [2.05, 4.69) is 32.6 Å². The number of amides is 1. The number of nitrogens with zero attached hydrogens (tertiary/aromatic N) is 1. The summed E-state index contributed by atoms with van der Waals surface area (Å²) in [6.07, 6.45) is 5.47. The Morgan fingerprint density at radius 3 is 2.25 bits per heavy atom. The number of rotatable bonds is 4. The van der Waals surface area contributed by atoms with Gasteiger partial charge in [0.1, 0.15) is 0 Å². The van der Waals surface area contributed by atoms with Gasteiger partial charge in [-0.2, -0.15) is 0 Å². The van der Waals surface area contributed by atoms with Crippen LogP contribution in [0.3, 0.4) is 0 Å². The fourth-order valence-electron chi connectivity index (χ4n) is 2.44. The molecule has 1 aliphatic heterocycles. The van der Waals surface area contributed by atoms with Crippen LogP contribution in [-0.2, 0) is 4.79 Å². The van der Waals surface area contributed by atoms with Gasteiger partial charge in [0.25, 0.3) is 0 Å². The molecule has 0 N–H and O–H groups in total. The van der Waals surface area contributed by atoms with Crippen LogP contribution < -0.4 is 0 Å². The fraction of sp³-hybridized carbons (Fsp3) is 0.929. The second kappa shape index (κ2) is 5.70. The molecule has 16 heavy (non-hydrogen) atoms. The minimum absolute atomic E-state index is 0.270. The molecule has 1 fully saturated rings. The molecule has 0 spiro atoms. The lowest BCUT2D eigenvalue weighted by atomic mass is 9.82. The standard InChI is InChI=1S/C14H27NO/c1-5-7-12(6-2)13(16)15-10-8-14(3,4)9-11-15/h12H,5-11H2,1-4H3. The van der Waals surface area contributed by atoms with Crippen LogP contribution in [-0.4, -0.2) is 23.9 Å². The van der Waals surface area contributed by atoms with Crippen molar-refractivity contribution in [2.75, 3.05) is 13.1 Å². The van der Waals surface area contributed by atoms with E-state index in [1.165, 1.54) is 0 Å². The van der Waals surface area contributed by atoms with Crippen molar-refractivity contribution in [3.63, 3.8) is 0 Å². The van der Waals surface area contributed by atoms with Crippen molar-refractivity contribution in [3.8, 4) is 0 Å². The Kier molecular flexibility index (Phi) is 4.82. The molecule has 0 aromatic rings. The van der Waals surface area contributed by atoms with Crippen LogP contribution in [0.2, 0.25) is 0 Å². The monoisotopic (exact) mass is 225 g/mol. The van der Waals surface area contributed by atoms with Gasteiger partial charge in [0.2, 0.25) is 5.91 Å². The first-order chi connectivity index (χ1) is 7.50. The van der Waals surface area contributed by atoms with Gasteiger partial charge in [0.15, 0.2) is 0 Å². The van der Waals surface area contributed by atoms with E-state index < -0.39 is 0 Å². The van der Waals surface area contributed by atoms with Crippen LogP contribution in [0.15, 0.2) is 0 Å². The van der Waals surface area contributed by atoms with Crippen molar-refractivity contribution in [3.05, 3.63) is 0 Å². The highest BCUT2D eigenvalue weighted by atomic mass is 16.2. The molecule has 1 unspecified atom stereocenters. The molecule has 2 heteroatoms. The Morgan fingerprint density at radius 1 is 1.25 bits per heavy atom. The van der Waals surface area contributed by atoms with Gasteiger partial charge in [-0.25, -0.2) is 0 Å². The molecule has 1 amide bonds. The quantitative estimate of drug-likeness (QED) is 0.717. The topological polar surface area (TPSA) is 20.3 Å². The SMILES string of the molecule is CCCC(CC)C(=O)N1CCC(C)(C)CC1. The van der Waals surface area contributed by atoms with Crippen molar-refractivity contribution in [1.82, 2.24) is 4.90 Å². The highest BCUT2D eigenvalue weighted by molar-refractivity contribution is 5.78. The average Bonchev–Trinajstić information content (AvgIpc) is 2.25. The first-order valence-corrected chi connectivity index (χ1v) is 6.79. The Balaban J connectivity index is 2.49. The van der Waals surface area contributed by atoms with Gasteiger partial charge in [-0.05, 0) is 31.1 Å². The molecule has 0 bridgehead atoms. The molecule has 0 saturated carbocycles. The first-order valence-electron chi connectivity index (χ1n) is 6.79. The maximum absolute atomic E-state index is 12.3. The number of piperidine rings is 1. The minimum Gasteiger partial charge on any atom is -0.342 e. The molecule has 1 saturated heterocycles. The summed E-state index contributed by atoms with van der Waals surface area (Å²) in [6, 6.07) is 0. The van der Waals surface area contributed by atoms with Crippen LogP contribution in [0.4, 0.5) is 0 Å². The van der Waals surface area contributed by atoms with Crippen molar-refractivity contribution in [2.45, 2.75) is 59.8 Å². The molecule has 0 aromatic carbocycles. The third-order valence-electron chi connectivity index (χ3n) is 3.91. The first kappa shape index (κ1) is 13.5. The van der Waals surface area contributed by atoms with Crippen LogP contribution in [0.5, 0.6) is 0 Å². The van der Waals surface area contributed by atoms with Crippen LogP contribution >= 0.6 is 0 Å². The lowest BCUT2D eigenvalue weighted by molar-refractivity contribution is -0.138. The summed E-state index contributed by atoms with van der Waals surface area (Å²) in [4.78, 5) is 14.3. The molecule has 0 aromatic heterocycles. The molecule has 0 aliphatic carbocycles. The summed E-state index contributed by atoms with van der Waals surface area (Å²) < 4.78 is 0. The lowest BCUT2D eigenvalue weighted by Gasteiger charge is -2.38. The zero-order valence-corrected chi connectivity index (χ0v) is 11.4. The smallest absolute Gasteiger partial charge is 0.225 e. The molecular weight excluding hydrogens is 198 g/mol. The maximum atomic E-state index is 12.3. The summed E-state index contributed by atoms with van der Waals surface area (Å²) in [6.45, 7) is 10.8. The van der Waals surface area contributed by atoms with E-state index in [4.69, 9.17) is 0 Å². The van der Waals surface area contributed by atoms with Gasteiger partial charge < -0.3 is 4.90 Å². The molecular formula is C14H27NO. The fourth-order valence-corrected chi connectivity index (χ4v) is 2.44. The molecule has 2 nitrogen and oxygen atoms in total. The largest absolute Gasteiger partial charge is 0.342 e. The van der Waals surface area contributed by atoms with Crippen LogP contribution in [0.1, 0.15) is 59.8 Å². The predicted octanol–water partition coefficient (Wildman–Crippen LogP) is 3.46. The zero-order valence-electron chi connectivity index (χ0n) is 11.4. The lowest BCUT2D eigenvalue weighted by Crippen LogP contribution is -2.43. The molecule has 1 aliphatic rings. The number of carbonyl (C=O) groups is 1. The second-order valence-corrected chi connectivity index (χ2v) is 5.88. The molecule has 94 valence electrons. The highest BCUT2D eigenvalue weighted by Gasteiger charge is 2.30. The van der Waals surface area contributed by atoms with E-state index in [1.807, 2.05) is 0 Å². The van der Waals surface area contributed by atoms with Gasteiger partial charge in [0, 0.05) is 19.0 Å². The summed E-state index contributed by atoms with van der Waals surface area (Å²) in [5, 5.41) is 0. The maximum Gasteiger partial charge on any atom is 0.225 e. The summed E-state index contributed by atoms with van der Waals surface area (Å²) in [7, 11) is 0. The van der Waals surface area contributed by atoms with Crippen molar-refractivity contribution >= 4 is 5.91 Å². The summed E-state index contributed by atoms with van der Waals surface area (Å²) in [5.74, 6) is 0.672. The summed E-state index contributed by atoms with van der Waals surface area (Å²) >= 11 is 0. The molecule has 1 atom stereocenters. The van der Waals surface area contributed by atoms with Gasteiger partial charge in [0.05, 0.1) is 0 Å². The van der Waals surface area contributed by atoms with E-state index in [-0.39, 0.29) is 5.92 Å². The average molecular weight is 225 g/mol. The third kappa shape index (κ3) is 3.50.